The van der Waals surface area contributed by atoms with Gasteiger partial charge in [-0.15, -0.1) is 0 Å². The number of rotatable bonds is 6. The molecule has 1 atom stereocenters. The molecule has 1 fully saturated rings. The van der Waals surface area contributed by atoms with Gasteiger partial charge < -0.3 is 11.1 Å². The first-order valence-electron chi connectivity index (χ1n) is 5.95. The molecule has 1 aliphatic carbocycles. The first kappa shape index (κ1) is 12.0. The Morgan fingerprint density at radius 2 is 2.00 bits per heavy atom. The monoisotopic (exact) mass is 198 g/mol. The molecule has 1 rings (SSSR count). The molecule has 84 valence electrons. The lowest BCUT2D eigenvalue weighted by Gasteiger charge is -2.25. The molecule has 1 unspecified atom stereocenters. The van der Waals surface area contributed by atoms with Crippen LogP contribution in [0, 0.1) is 11.3 Å². The fourth-order valence-corrected chi connectivity index (χ4v) is 1.88. The zero-order chi connectivity index (χ0) is 10.6. The zero-order valence-corrected chi connectivity index (χ0v) is 9.97. The molecule has 0 bridgehead atoms. The van der Waals surface area contributed by atoms with E-state index in [1.165, 1.54) is 25.7 Å². The van der Waals surface area contributed by atoms with Crippen LogP contribution >= 0.6 is 0 Å². The highest BCUT2D eigenvalue weighted by Crippen LogP contribution is 2.31. The van der Waals surface area contributed by atoms with Crippen LogP contribution in [0.5, 0.6) is 0 Å². The Labute approximate surface area is 88.6 Å². The van der Waals surface area contributed by atoms with Crippen molar-refractivity contribution in [3.63, 3.8) is 0 Å². The summed E-state index contributed by atoms with van der Waals surface area (Å²) in [4.78, 5) is 0. The third-order valence-electron chi connectivity index (χ3n) is 2.83. The molecule has 0 spiro atoms. The molecule has 1 saturated carbocycles. The van der Waals surface area contributed by atoms with E-state index in [1.54, 1.807) is 0 Å². The minimum absolute atomic E-state index is 0.386. The number of hydrogen-bond donors (Lipinski definition) is 2. The van der Waals surface area contributed by atoms with E-state index in [0.717, 1.165) is 19.0 Å². The van der Waals surface area contributed by atoms with Gasteiger partial charge in [-0.3, -0.25) is 0 Å². The minimum Gasteiger partial charge on any atom is -0.329 e. The molecule has 0 heterocycles. The molecule has 2 heteroatoms. The van der Waals surface area contributed by atoms with Crippen molar-refractivity contribution >= 4 is 0 Å². The lowest BCUT2D eigenvalue weighted by molar-refractivity contribution is 0.309. The van der Waals surface area contributed by atoms with E-state index < -0.39 is 0 Å². The summed E-state index contributed by atoms with van der Waals surface area (Å²) in [7, 11) is 0. The predicted octanol–water partition coefficient (Wildman–Crippen LogP) is 2.14. The summed E-state index contributed by atoms with van der Waals surface area (Å²) in [6, 6.07) is 0.508. The van der Waals surface area contributed by atoms with Gasteiger partial charge in [0.25, 0.3) is 0 Å². The average Bonchev–Trinajstić information content (AvgIpc) is 2.84. The van der Waals surface area contributed by atoms with Crippen LogP contribution in [-0.2, 0) is 0 Å². The van der Waals surface area contributed by atoms with Gasteiger partial charge in [-0.1, -0.05) is 33.6 Å². The summed E-state index contributed by atoms with van der Waals surface area (Å²) in [5, 5.41) is 3.57. The van der Waals surface area contributed by atoms with E-state index in [1.807, 2.05) is 0 Å². The fraction of sp³-hybridized carbons (Fsp3) is 1.00. The SMILES string of the molecule is CC(C)(C)CC(CN)NCCC1CC1. The largest absolute Gasteiger partial charge is 0.329 e. The Morgan fingerprint density at radius 3 is 2.43 bits per heavy atom. The molecule has 0 aromatic heterocycles. The molecule has 3 N–H and O–H groups in total. The van der Waals surface area contributed by atoms with Crippen molar-refractivity contribution in [1.82, 2.24) is 5.32 Å². The maximum Gasteiger partial charge on any atom is 0.0195 e. The van der Waals surface area contributed by atoms with Gasteiger partial charge in [0.1, 0.15) is 0 Å². The van der Waals surface area contributed by atoms with E-state index in [0.29, 0.717) is 11.5 Å². The Bertz CT molecular complexity index is 156. The summed E-state index contributed by atoms with van der Waals surface area (Å²) >= 11 is 0. The van der Waals surface area contributed by atoms with E-state index >= 15 is 0 Å². The van der Waals surface area contributed by atoms with Gasteiger partial charge in [0, 0.05) is 12.6 Å². The van der Waals surface area contributed by atoms with E-state index in [9.17, 15) is 0 Å². The quantitative estimate of drug-likeness (QED) is 0.686. The van der Waals surface area contributed by atoms with Crippen molar-refractivity contribution in [3.8, 4) is 0 Å². The first-order valence-corrected chi connectivity index (χ1v) is 5.95. The Hall–Kier alpha value is -0.0800. The second-order valence-electron chi connectivity index (χ2n) is 5.88. The molecule has 2 nitrogen and oxygen atoms in total. The predicted molar refractivity (Wildman–Crippen MR) is 62.3 cm³/mol. The lowest BCUT2D eigenvalue weighted by atomic mass is 9.88. The van der Waals surface area contributed by atoms with E-state index in [2.05, 4.69) is 26.1 Å². The highest BCUT2D eigenvalue weighted by Gasteiger charge is 2.21. The Kier molecular flexibility index (Phi) is 4.39. The summed E-state index contributed by atoms with van der Waals surface area (Å²) in [6.45, 7) is 8.75. The Balaban J connectivity index is 2.10. The molecule has 14 heavy (non-hydrogen) atoms. The van der Waals surface area contributed by atoms with Crippen molar-refractivity contribution in [2.24, 2.45) is 17.1 Å². The van der Waals surface area contributed by atoms with Crippen LogP contribution in [0.1, 0.15) is 46.5 Å². The standard InChI is InChI=1S/C12H26N2/c1-12(2,3)8-11(9-13)14-7-6-10-4-5-10/h10-11,14H,4-9,13H2,1-3H3. The topological polar surface area (TPSA) is 38.0 Å². The third-order valence-corrected chi connectivity index (χ3v) is 2.83. The molecular formula is C12H26N2. The van der Waals surface area contributed by atoms with Crippen molar-refractivity contribution < 1.29 is 0 Å². The fourth-order valence-electron chi connectivity index (χ4n) is 1.88. The maximum atomic E-state index is 5.75. The van der Waals surface area contributed by atoms with E-state index in [4.69, 9.17) is 5.73 Å². The second-order valence-corrected chi connectivity index (χ2v) is 5.88. The van der Waals surface area contributed by atoms with Crippen molar-refractivity contribution in [2.75, 3.05) is 13.1 Å². The van der Waals surface area contributed by atoms with Gasteiger partial charge in [-0.25, -0.2) is 0 Å². The summed E-state index contributed by atoms with van der Waals surface area (Å²) in [5.41, 5.74) is 6.14. The molecule has 0 aliphatic heterocycles. The second kappa shape index (κ2) is 5.13. The number of nitrogens with one attached hydrogen (secondary N) is 1. The summed E-state index contributed by atoms with van der Waals surface area (Å²) in [6.07, 6.45) is 5.43. The number of hydrogen-bond acceptors (Lipinski definition) is 2. The van der Waals surface area contributed by atoms with Gasteiger partial charge >= 0.3 is 0 Å². The molecule has 0 aromatic rings. The van der Waals surface area contributed by atoms with Gasteiger partial charge in [-0.2, -0.15) is 0 Å². The molecule has 0 amide bonds. The lowest BCUT2D eigenvalue weighted by Crippen LogP contribution is -2.39. The maximum absolute atomic E-state index is 5.75. The molecular weight excluding hydrogens is 172 g/mol. The van der Waals surface area contributed by atoms with Crippen LogP contribution in [0.4, 0.5) is 0 Å². The van der Waals surface area contributed by atoms with Crippen molar-refractivity contribution in [2.45, 2.75) is 52.5 Å². The van der Waals surface area contributed by atoms with Crippen LogP contribution in [0.25, 0.3) is 0 Å². The third kappa shape index (κ3) is 5.61. The smallest absolute Gasteiger partial charge is 0.0195 e. The molecule has 0 saturated heterocycles. The molecule has 0 aromatic carbocycles. The van der Waals surface area contributed by atoms with Crippen LogP contribution < -0.4 is 11.1 Å². The first-order chi connectivity index (χ1) is 6.51. The van der Waals surface area contributed by atoms with Gasteiger partial charge in [-0.05, 0) is 30.7 Å². The van der Waals surface area contributed by atoms with Crippen molar-refractivity contribution in [1.29, 1.82) is 0 Å². The molecule has 1 aliphatic rings. The molecule has 0 radical (unpaired) electrons. The normalized spacial score (nSPS) is 19.7. The highest BCUT2D eigenvalue weighted by molar-refractivity contribution is 4.78. The summed E-state index contributed by atoms with van der Waals surface area (Å²) in [5.74, 6) is 1.02. The number of nitrogens with two attached hydrogens (primary N) is 1. The minimum atomic E-state index is 0.386. The van der Waals surface area contributed by atoms with Crippen LogP contribution in [0.15, 0.2) is 0 Å². The van der Waals surface area contributed by atoms with Crippen LogP contribution in [-0.4, -0.2) is 19.1 Å². The zero-order valence-electron chi connectivity index (χ0n) is 9.97. The average molecular weight is 198 g/mol. The summed E-state index contributed by atoms with van der Waals surface area (Å²) < 4.78 is 0. The van der Waals surface area contributed by atoms with Gasteiger partial charge in [0.2, 0.25) is 0 Å². The van der Waals surface area contributed by atoms with Crippen LogP contribution in [0.2, 0.25) is 0 Å². The van der Waals surface area contributed by atoms with E-state index in [-0.39, 0.29) is 0 Å². The van der Waals surface area contributed by atoms with Crippen LogP contribution in [0.3, 0.4) is 0 Å². The van der Waals surface area contributed by atoms with Gasteiger partial charge in [0.15, 0.2) is 0 Å². The Morgan fingerprint density at radius 1 is 1.36 bits per heavy atom. The van der Waals surface area contributed by atoms with Crippen molar-refractivity contribution in [3.05, 3.63) is 0 Å². The highest BCUT2D eigenvalue weighted by atomic mass is 14.9. The van der Waals surface area contributed by atoms with Gasteiger partial charge in [0.05, 0.1) is 0 Å².